The van der Waals surface area contributed by atoms with Crippen LogP contribution in [0.3, 0.4) is 0 Å². The van der Waals surface area contributed by atoms with E-state index in [1.165, 1.54) is 0 Å². The number of carbonyl (C=O) groups is 1. The lowest BCUT2D eigenvalue weighted by Crippen LogP contribution is -1.93. The van der Waals surface area contributed by atoms with Gasteiger partial charge in [-0.15, -0.1) is 0 Å². The second kappa shape index (κ2) is 1.45. The normalized spacial score (nSPS) is 7.33. The van der Waals surface area contributed by atoms with Gasteiger partial charge in [-0.1, -0.05) is 0 Å². The summed E-state index contributed by atoms with van der Waals surface area (Å²) < 4.78 is 0. The maximum absolute atomic E-state index is 9.43. The van der Waals surface area contributed by atoms with E-state index in [1.807, 2.05) is 0 Å². The first kappa shape index (κ1) is 5.01. The van der Waals surface area contributed by atoms with Crippen molar-refractivity contribution in [3.63, 3.8) is 0 Å². The summed E-state index contributed by atoms with van der Waals surface area (Å²) in [6.07, 6.45) is 0. The van der Waals surface area contributed by atoms with Gasteiger partial charge in [-0.05, 0) is 6.58 Å². The van der Waals surface area contributed by atoms with Gasteiger partial charge in [0.15, 0.2) is 0 Å². The molecule has 0 bridgehead atoms. The van der Waals surface area contributed by atoms with Gasteiger partial charge in [0.05, 0.1) is 0 Å². The smallest absolute Gasteiger partial charge is 0.375 e. The molecule has 0 amide bonds. The predicted molar refractivity (Wildman–Crippen MR) is 17.5 cm³/mol. The van der Waals surface area contributed by atoms with Crippen LogP contribution in [0.15, 0.2) is 12.3 Å². The van der Waals surface area contributed by atoms with Crippen LogP contribution in [-0.2, 0) is 9.90 Å². The molecule has 1 N–H and O–H groups in total. The lowest BCUT2D eigenvalue weighted by Gasteiger charge is -1.74. The van der Waals surface area contributed by atoms with E-state index in [1.54, 1.807) is 0 Å². The number of rotatable bonds is 1. The highest BCUT2D eigenvalue weighted by Gasteiger charge is 1.98. The average Bonchev–Trinajstić information content (AvgIpc) is 1.36. The summed E-state index contributed by atoms with van der Waals surface area (Å²) >= 11 is 0. The van der Waals surface area contributed by atoms with Crippen LogP contribution in [0.1, 0.15) is 0 Å². The molecule has 0 aromatic rings. The summed E-state index contributed by atoms with van der Waals surface area (Å²) in [6.45, 7) is 2.60. The molecule has 0 atom stereocenters. The van der Waals surface area contributed by atoms with Crippen molar-refractivity contribution in [1.29, 1.82) is 0 Å². The number of hydrogen-bond donors (Lipinski definition) is 1. The van der Waals surface area contributed by atoms with Crippen LogP contribution in [0.4, 0.5) is 0 Å². The summed E-state index contributed by atoms with van der Waals surface area (Å²) in [5.41, 5.74) is 0. The SMILES string of the molecule is C=C([O])C(=O)O. The summed E-state index contributed by atoms with van der Waals surface area (Å²) in [6, 6.07) is 0. The Kier molecular flexibility index (Phi) is 1.21. The van der Waals surface area contributed by atoms with Crippen LogP contribution in [-0.4, -0.2) is 11.1 Å². The van der Waals surface area contributed by atoms with Crippen molar-refractivity contribution in [3.8, 4) is 0 Å². The highest BCUT2D eigenvalue weighted by atomic mass is 16.4. The summed E-state index contributed by atoms with van der Waals surface area (Å²) in [7, 11) is 0. The van der Waals surface area contributed by atoms with E-state index in [2.05, 4.69) is 6.58 Å². The van der Waals surface area contributed by atoms with E-state index in [4.69, 9.17) is 5.11 Å². The van der Waals surface area contributed by atoms with Gasteiger partial charge in [-0.3, -0.25) is 5.11 Å². The summed E-state index contributed by atoms with van der Waals surface area (Å²) in [5, 5.41) is 17.0. The van der Waals surface area contributed by atoms with Gasteiger partial charge in [0, 0.05) is 0 Å². The van der Waals surface area contributed by atoms with Crippen LogP contribution in [0.2, 0.25) is 0 Å². The maximum Gasteiger partial charge on any atom is 0.375 e. The van der Waals surface area contributed by atoms with Gasteiger partial charge in [0.25, 0.3) is 5.76 Å². The second-order valence-electron chi connectivity index (χ2n) is 0.728. The number of hydrogen-bond acceptors (Lipinski definition) is 1. The highest BCUT2D eigenvalue weighted by Crippen LogP contribution is 1.77. The van der Waals surface area contributed by atoms with Crippen molar-refractivity contribution in [3.05, 3.63) is 12.3 Å². The van der Waals surface area contributed by atoms with Crippen LogP contribution < -0.4 is 0 Å². The van der Waals surface area contributed by atoms with Gasteiger partial charge in [0.2, 0.25) is 0 Å². The van der Waals surface area contributed by atoms with Crippen LogP contribution in [0.25, 0.3) is 0 Å². The van der Waals surface area contributed by atoms with E-state index in [9.17, 15) is 9.90 Å². The summed E-state index contributed by atoms with van der Waals surface area (Å²) in [5.74, 6) is -2.56. The molecule has 0 aliphatic rings. The quantitative estimate of drug-likeness (QED) is 0.362. The average molecular weight is 87.1 g/mol. The molecule has 3 heteroatoms. The zero-order valence-corrected chi connectivity index (χ0v) is 2.97. The Balaban J connectivity index is 3.57. The fourth-order valence-electron chi connectivity index (χ4n) is 0. The standard InChI is InChI=1S/C3H3O3/c1-2(4)3(5)6/h1H2,(H,5,6). The molecule has 0 rings (SSSR count). The number of carboxylic acids is 1. The first-order valence-electron chi connectivity index (χ1n) is 1.24. The number of aliphatic carboxylic acids is 1. The molecule has 0 heterocycles. The molecule has 33 valence electrons. The zero-order valence-electron chi connectivity index (χ0n) is 2.97. The monoisotopic (exact) mass is 87.0 g/mol. The van der Waals surface area contributed by atoms with Crippen LogP contribution >= 0.6 is 0 Å². The molecule has 0 unspecified atom stereocenters. The van der Waals surface area contributed by atoms with Crippen molar-refractivity contribution >= 4 is 5.97 Å². The molecule has 0 aromatic carbocycles. The number of carboxylic acid groups (broad SMARTS) is 1. The van der Waals surface area contributed by atoms with Crippen molar-refractivity contribution in [2.75, 3.05) is 0 Å². The Morgan fingerprint density at radius 1 is 1.67 bits per heavy atom. The Bertz CT molecular complexity index is 72.0. The van der Waals surface area contributed by atoms with Crippen LogP contribution in [0.5, 0.6) is 0 Å². The molecule has 0 saturated carbocycles. The Hall–Kier alpha value is -0.990. The van der Waals surface area contributed by atoms with Gasteiger partial charge >= 0.3 is 5.97 Å². The molecule has 0 spiro atoms. The second-order valence-corrected chi connectivity index (χ2v) is 0.728. The van der Waals surface area contributed by atoms with E-state index >= 15 is 0 Å². The van der Waals surface area contributed by atoms with Crippen molar-refractivity contribution < 1.29 is 15.0 Å². The molecule has 0 fully saturated rings. The first-order valence-corrected chi connectivity index (χ1v) is 1.24. The van der Waals surface area contributed by atoms with E-state index in [0.717, 1.165) is 0 Å². The third-order valence-electron chi connectivity index (χ3n) is 0.239. The predicted octanol–water partition coefficient (Wildman–Crippen LogP) is 0.0152. The fourth-order valence-corrected chi connectivity index (χ4v) is 0. The Morgan fingerprint density at radius 2 is 1.83 bits per heavy atom. The third kappa shape index (κ3) is 1.34. The van der Waals surface area contributed by atoms with Crippen LogP contribution in [0, 0.1) is 0 Å². The van der Waals surface area contributed by atoms with Gasteiger partial charge < -0.3 is 5.11 Å². The molecule has 0 aliphatic carbocycles. The maximum atomic E-state index is 9.43. The minimum atomic E-state index is -1.49. The topological polar surface area (TPSA) is 57.2 Å². The molecule has 6 heavy (non-hydrogen) atoms. The van der Waals surface area contributed by atoms with E-state index in [0.29, 0.717) is 0 Å². The zero-order chi connectivity index (χ0) is 5.15. The third-order valence-corrected chi connectivity index (χ3v) is 0.239. The van der Waals surface area contributed by atoms with Gasteiger partial charge in [0.1, 0.15) is 0 Å². The minimum absolute atomic E-state index is 1.07. The van der Waals surface area contributed by atoms with Crippen molar-refractivity contribution in [2.45, 2.75) is 0 Å². The lowest BCUT2D eigenvalue weighted by atomic mass is 10.6. The Labute approximate surface area is 34.5 Å². The van der Waals surface area contributed by atoms with Gasteiger partial charge in [-0.25, -0.2) is 4.79 Å². The van der Waals surface area contributed by atoms with E-state index in [-0.39, 0.29) is 0 Å². The molecule has 0 saturated heterocycles. The molecular formula is C3H3O3. The fraction of sp³-hybridized carbons (Fsp3) is 0. The first-order chi connectivity index (χ1) is 2.64. The largest absolute Gasteiger partial charge is 0.475 e. The van der Waals surface area contributed by atoms with Gasteiger partial charge in [-0.2, -0.15) is 0 Å². The molecule has 1 radical (unpaired) electrons. The molecule has 0 aromatic heterocycles. The van der Waals surface area contributed by atoms with E-state index < -0.39 is 11.7 Å². The Morgan fingerprint density at radius 3 is 1.83 bits per heavy atom. The van der Waals surface area contributed by atoms with Crippen molar-refractivity contribution in [2.24, 2.45) is 0 Å². The minimum Gasteiger partial charge on any atom is -0.475 e. The molecule has 0 aliphatic heterocycles. The summed E-state index contributed by atoms with van der Waals surface area (Å²) in [4.78, 5) is 9.29. The molecule has 3 nitrogen and oxygen atoms in total. The molecular weight excluding hydrogens is 84.0 g/mol. The van der Waals surface area contributed by atoms with Crippen molar-refractivity contribution in [1.82, 2.24) is 0 Å². The lowest BCUT2D eigenvalue weighted by molar-refractivity contribution is -0.136. The highest BCUT2D eigenvalue weighted by molar-refractivity contribution is 5.82.